The third-order valence-electron chi connectivity index (χ3n) is 3.11. The van der Waals surface area contributed by atoms with Gasteiger partial charge in [0, 0.05) is 19.7 Å². The number of hydrogen-bond donors (Lipinski definition) is 1. The van der Waals surface area contributed by atoms with Crippen molar-refractivity contribution in [1.82, 2.24) is 4.90 Å². The third-order valence-corrected chi connectivity index (χ3v) is 3.11. The zero-order chi connectivity index (χ0) is 19.4. The number of nitro groups is 1. The highest BCUT2D eigenvalue weighted by Crippen LogP contribution is 2.27. The van der Waals surface area contributed by atoms with Gasteiger partial charge in [0.15, 0.2) is 6.61 Å². The molecule has 0 aliphatic rings. The Balaban J connectivity index is 3.10. The lowest BCUT2D eigenvalue weighted by atomic mass is 10.1. The minimum Gasteiger partial charge on any atom is -0.484 e. The van der Waals surface area contributed by atoms with Crippen LogP contribution in [0, 0.1) is 16.0 Å². The summed E-state index contributed by atoms with van der Waals surface area (Å²) in [6.45, 7) is -0.521. The molecule has 0 aliphatic heterocycles. The van der Waals surface area contributed by atoms with Gasteiger partial charge in [0.25, 0.3) is 11.6 Å². The van der Waals surface area contributed by atoms with Crippen LogP contribution in [0.25, 0.3) is 0 Å². The molecule has 1 N–H and O–H groups in total. The maximum absolute atomic E-state index is 12.3. The van der Waals surface area contributed by atoms with E-state index in [2.05, 4.69) is 4.74 Å². The zero-order valence-electron chi connectivity index (χ0n) is 13.2. The Morgan fingerprint density at radius 1 is 1.40 bits per heavy atom. The van der Waals surface area contributed by atoms with Gasteiger partial charge in [-0.15, -0.1) is 0 Å². The Morgan fingerprint density at radius 3 is 2.48 bits per heavy atom. The summed E-state index contributed by atoms with van der Waals surface area (Å²) in [4.78, 5) is 34.3. The molecule has 1 atom stereocenters. The molecule has 0 aliphatic carbocycles. The molecule has 11 heteroatoms. The Kier molecular flexibility index (Phi) is 6.31. The highest BCUT2D eigenvalue weighted by molar-refractivity contribution is 5.98. The molecule has 0 fully saturated rings. The standard InChI is InChI=1S/C14H15F3N2O6/c1-8(13(21)22)6-18(2)12(20)10-5-9(25-7-14(15,16)17)3-4-11(10)19(23)24/h3-5,8H,6-7H2,1-2H3,(H,21,22). The number of alkyl halides is 3. The lowest BCUT2D eigenvalue weighted by molar-refractivity contribution is -0.385. The number of ether oxygens (including phenoxy) is 1. The predicted molar refractivity (Wildman–Crippen MR) is 78.4 cm³/mol. The van der Waals surface area contributed by atoms with E-state index in [0.29, 0.717) is 0 Å². The first kappa shape index (κ1) is 20.2. The van der Waals surface area contributed by atoms with Crippen molar-refractivity contribution in [3.63, 3.8) is 0 Å². The normalized spacial score (nSPS) is 12.4. The molecule has 0 spiro atoms. The molecule has 0 bridgehead atoms. The number of carbonyl (C=O) groups is 2. The van der Waals surface area contributed by atoms with Crippen LogP contribution in [0.1, 0.15) is 17.3 Å². The van der Waals surface area contributed by atoms with Gasteiger partial charge in [0.05, 0.1) is 10.8 Å². The van der Waals surface area contributed by atoms with Gasteiger partial charge in [-0.3, -0.25) is 19.7 Å². The number of amides is 1. The van der Waals surface area contributed by atoms with E-state index < -0.39 is 46.8 Å². The van der Waals surface area contributed by atoms with Crippen molar-refractivity contribution in [2.24, 2.45) is 5.92 Å². The van der Waals surface area contributed by atoms with Crippen LogP contribution in [0.2, 0.25) is 0 Å². The molecule has 1 aromatic carbocycles. The summed E-state index contributed by atoms with van der Waals surface area (Å²) in [5, 5.41) is 19.9. The number of nitro benzene ring substituents is 1. The van der Waals surface area contributed by atoms with Gasteiger partial charge in [-0.1, -0.05) is 6.92 Å². The van der Waals surface area contributed by atoms with Crippen LogP contribution >= 0.6 is 0 Å². The molecule has 0 saturated heterocycles. The molecular formula is C14H15F3N2O6. The van der Waals surface area contributed by atoms with E-state index in [4.69, 9.17) is 5.11 Å². The lowest BCUT2D eigenvalue weighted by Crippen LogP contribution is -2.34. The van der Waals surface area contributed by atoms with E-state index in [0.717, 1.165) is 23.1 Å². The third kappa shape index (κ3) is 5.94. The average Bonchev–Trinajstić information content (AvgIpc) is 2.50. The van der Waals surface area contributed by atoms with Crippen molar-refractivity contribution in [2.45, 2.75) is 13.1 Å². The Labute approximate surface area is 139 Å². The van der Waals surface area contributed by atoms with Crippen molar-refractivity contribution in [2.75, 3.05) is 20.2 Å². The summed E-state index contributed by atoms with van der Waals surface area (Å²) >= 11 is 0. The first-order chi connectivity index (χ1) is 11.4. The molecule has 1 aromatic rings. The first-order valence-electron chi connectivity index (χ1n) is 6.88. The summed E-state index contributed by atoms with van der Waals surface area (Å²) in [7, 11) is 1.23. The zero-order valence-corrected chi connectivity index (χ0v) is 13.2. The van der Waals surface area contributed by atoms with Crippen molar-refractivity contribution < 1.29 is 37.5 Å². The number of halogens is 3. The van der Waals surface area contributed by atoms with Gasteiger partial charge in [-0.05, 0) is 12.1 Å². The maximum atomic E-state index is 12.3. The van der Waals surface area contributed by atoms with E-state index in [1.54, 1.807) is 0 Å². The molecule has 1 rings (SSSR count). The highest BCUT2D eigenvalue weighted by Gasteiger charge is 2.30. The van der Waals surface area contributed by atoms with Gasteiger partial charge < -0.3 is 14.7 Å². The predicted octanol–water partition coefficient (Wildman–Crippen LogP) is 2.33. The molecule has 25 heavy (non-hydrogen) atoms. The van der Waals surface area contributed by atoms with Crippen molar-refractivity contribution >= 4 is 17.6 Å². The molecule has 1 amide bonds. The second-order valence-electron chi connectivity index (χ2n) is 5.26. The number of carbonyl (C=O) groups excluding carboxylic acids is 1. The molecule has 0 saturated carbocycles. The van der Waals surface area contributed by atoms with Crippen molar-refractivity contribution in [3.05, 3.63) is 33.9 Å². The number of carboxylic acids is 1. The van der Waals surface area contributed by atoms with E-state index in [1.165, 1.54) is 14.0 Å². The molecule has 8 nitrogen and oxygen atoms in total. The monoisotopic (exact) mass is 364 g/mol. The average molecular weight is 364 g/mol. The number of carboxylic acid groups (broad SMARTS) is 1. The van der Waals surface area contributed by atoms with Gasteiger partial charge in [-0.2, -0.15) is 13.2 Å². The number of nitrogens with zero attached hydrogens (tertiary/aromatic N) is 2. The summed E-state index contributed by atoms with van der Waals surface area (Å²) in [6, 6.07) is 2.63. The minimum absolute atomic E-state index is 0.237. The fourth-order valence-corrected chi connectivity index (χ4v) is 1.88. The SMILES string of the molecule is CC(CN(C)C(=O)c1cc(OCC(F)(F)F)ccc1[N+](=O)[O-])C(=O)O. The number of hydrogen-bond acceptors (Lipinski definition) is 5. The topological polar surface area (TPSA) is 110 Å². The number of benzene rings is 1. The van der Waals surface area contributed by atoms with Crippen LogP contribution in [0.15, 0.2) is 18.2 Å². The summed E-state index contributed by atoms with van der Waals surface area (Å²) in [5.41, 5.74) is -1.12. The van der Waals surface area contributed by atoms with Crippen LogP contribution in [0.4, 0.5) is 18.9 Å². The molecular weight excluding hydrogens is 349 g/mol. The van der Waals surface area contributed by atoms with Gasteiger partial charge in [-0.25, -0.2) is 0 Å². The van der Waals surface area contributed by atoms with Gasteiger partial charge in [0.2, 0.25) is 0 Å². The smallest absolute Gasteiger partial charge is 0.422 e. The molecule has 0 aromatic heterocycles. The molecule has 0 heterocycles. The molecule has 1 unspecified atom stereocenters. The first-order valence-corrected chi connectivity index (χ1v) is 6.88. The Hall–Kier alpha value is -2.85. The second-order valence-corrected chi connectivity index (χ2v) is 5.26. The van der Waals surface area contributed by atoms with Crippen LogP contribution < -0.4 is 4.74 Å². The fourth-order valence-electron chi connectivity index (χ4n) is 1.88. The van der Waals surface area contributed by atoms with Gasteiger partial charge in [0.1, 0.15) is 11.3 Å². The summed E-state index contributed by atoms with van der Waals surface area (Å²) in [5.74, 6) is -3.38. The molecule has 0 radical (unpaired) electrons. The van der Waals surface area contributed by atoms with Gasteiger partial charge >= 0.3 is 12.1 Å². The van der Waals surface area contributed by atoms with Crippen molar-refractivity contribution in [1.29, 1.82) is 0 Å². The Morgan fingerprint density at radius 2 is 2.00 bits per heavy atom. The van der Waals surface area contributed by atoms with Crippen LogP contribution in [0.5, 0.6) is 5.75 Å². The van der Waals surface area contributed by atoms with Crippen LogP contribution in [-0.2, 0) is 4.79 Å². The molecule has 138 valence electrons. The van der Waals surface area contributed by atoms with E-state index in [-0.39, 0.29) is 12.3 Å². The van der Waals surface area contributed by atoms with E-state index >= 15 is 0 Å². The fraction of sp³-hybridized carbons (Fsp3) is 0.429. The highest BCUT2D eigenvalue weighted by atomic mass is 19.4. The number of rotatable bonds is 7. The van der Waals surface area contributed by atoms with Crippen molar-refractivity contribution in [3.8, 4) is 5.75 Å². The second kappa shape index (κ2) is 7.81. The Bertz CT molecular complexity index is 677. The number of aliphatic carboxylic acids is 1. The maximum Gasteiger partial charge on any atom is 0.422 e. The lowest BCUT2D eigenvalue weighted by Gasteiger charge is -2.20. The quantitative estimate of drug-likeness (QED) is 0.587. The summed E-state index contributed by atoms with van der Waals surface area (Å²) in [6.07, 6.45) is -4.61. The van der Waals surface area contributed by atoms with E-state index in [9.17, 15) is 32.9 Å². The summed E-state index contributed by atoms with van der Waals surface area (Å²) < 4.78 is 41.1. The van der Waals surface area contributed by atoms with E-state index in [1.807, 2.05) is 0 Å². The van der Waals surface area contributed by atoms with Crippen LogP contribution in [-0.4, -0.2) is 53.2 Å². The largest absolute Gasteiger partial charge is 0.484 e. The minimum atomic E-state index is -4.61. The van der Waals surface area contributed by atoms with Crippen LogP contribution in [0.3, 0.4) is 0 Å².